The predicted octanol–water partition coefficient (Wildman–Crippen LogP) is 14.7. The van der Waals surface area contributed by atoms with Crippen LogP contribution in [0.5, 0.6) is 0 Å². The number of hydrogen-bond donors (Lipinski definition) is 0. The van der Waals surface area contributed by atoms with Crippen molar-refractivity contribution in [2.75, 3.05) is 4.90 Å². The summed E-state index contributed by atoms with van der Waals surface area (Å²) < 4.78 is 2.63. The largest absolute Gasteiger partial charge is 0.309 e. The molecule has 0 amide bonds. The third-order valence-electron chi connectivity index (χ3n) is 12.1. The summed E-state index contributed by atoms with van der Waals surface area (Å²) in [6.45, 7) is 0. The van der Waals surface area contributed by atoms with E-state index in [1.807, 2.05) is 11.3 Å². The van der Waals surface area contributed by atoms with Crippen LogP contribution in [0.4, 0.5) is 17.1 Å². The fourth-order valence-electron chi connectivity index (χ4n) is 9.84. The fraction of sp³-hybridized carbons (Fsp3) is 0.0189. The van der Waals surface area contributed by atoms with E-state index in [1.165, 1.54) is 86.6 Å². The SMILES string of the molecule is c1ccc(N(c2ccc3c(c2)C2(c4ccccc4-c4ccccc42)c2ccccc2-3)c2cccc3ccccc23)c(-c2ccc3c(c2)sc2ccccc23)c1. The molecule has 0 aliphatic heterocycles. The maximum atomic E-state index is 2.51. The minimum absolute atomic E-state index is 0.425. The summed E-state index contributed by atoms with van der Waals surface area (Å²) in [6, 6.07) is 74.6. The van der Waals surface area contributed by atoms with Crippen LogP contribution in [0.25, 0.3) is 64.3 Å². The van der Waals surface area contributed by atoms with E-state index in [0.29, 0.717) is 0 Å². The zero-order valence-electron chi connectivity index (χ0n) is 29.9. The van der Waals surface area contributed by atoms with Crippen molar-refractivity contribution in [2.45, 2.75) is 5.41 Å². The van der Waals surface area contributed by atoms with Gasteiger partial charge in [0.1, 0.15) is 0 Å². The Hall–Kier alpha value is -6.74. The number of para-hydroxylation sites is 1. The van der Waals surface area contributed by atoms with Crippen LogP contribution in [0.3, 0.4) is 0 Å². The van der Waals surface area contributed by atoms with Gasteiger partial charge >= 0.3 is 0 Å². The van der Waals surface area contributed by atoms with Crippen molar-refractivity contribution in [3.63, 3.8) is 0 Å². The van der Waals surface area contributed by atoms with Gasteiger partial charge in [-0.15, -0.1) is 11.3 Å². The van der Waals surface area contributed by atoms with Crippen LogP contribution in [0, 0.1) is 0 Å². The summed E-state index contributed by atoms with van der Waals surface area (Å²) in [4.78, 5) is 2.51. The zero-order chi connectivity index (χ0) is 36.1. The normalized spacial score (nSPS) is 13.2. The molecule has 0 fully saturated rings. The van der Waals surface area contributed by atoms with Crippen molar-refractivity contribution < 1.29 is 0 Å². The first kappa shape index (κ1) is 30.7. The van der Waals surface area contributed by atoms with Gasteiger partial charge in [0.15, 0.2) is 0 Å². The molecule has 0 saturated heterocycles. The Balaban J connectivity index is 1.14. The average molecular weight is 716 g/mol. The van der Waals surface area contributed by atoms with E-state index in [9.17, 15) is 0 Å². The minimum Gasteiger partial charge on any atom is -0.309 e. The second-order valence-corrected chi connectivity index (χ2v) is 15.9. The number of thiophene rings is 1. The highest BCUT2D eigenvalue weighted by Gasteiger charge is 2.51. The molecule has 1 heterocycles. The van der Waals surface area contributed by atoms with Crippen molar-refractivity contribution in [3.05, 3.63) is 222 Å². The molecule has 0 N–H and O–H groups in total. The van der Waals surface area contributed by atoms with Crippen LogP contribution in [0.2, 0.25) is 0 Å². The Morgan fingerprint density at radius 3 is 1.64 bits per heavy atom. The third kappa shape index (κ3) is 4.23. The summed E-state index contributed by atoms with van der Waals surface area (Å²) in [6.07, 6.45) is 0. The van der Waals surface area contributed by atoms with Gasteiger partial charge in [-0.1, -0.05) is 164 Å². The summed E-state index contributed by atoms with van der Waals surface area (Å²) in [5.74, 6) is 0. The Morgan fingerprint density at radius 2 is 0.891 bits per heavy atom. The maximum Gasteiger partial charge on any atom is 0.0726 e. The lowest BCUT2D eigenvalue weighted by Crippen LogP contribution is -2.26. The molecule has 0 radical (unpaired) electrons. The van der Waals surface area contributed by atoms with Crippen LogP contribution in [0.15, 0.2) is 200 Å². The number of nitrogens with zero attached hydrogens (tertiary/aromatic N) is 1. The molecular weight excluding hydrogens is 683 g/mol. The number of anilines is 3. The molecule has 10 aromatic rings. The van der Waals surface area contributed by atoms with Gasteiger partial charge in [-0.05, 0) is 91.9 Å². The maximum absolute atomic E-state index is 2.51. The van der Waals surface area contributed by atoms with Crippen LogP contribution >= 0.6 is 11.3 Å². The smallest absolute Gasteiger partial charge is 0.0726 e. The molecular formula is C53H33NS. The van der Waals surface area contributed by atoms with E-state index in [-0.39, 0.29) is 0 Å². The van der Waals surface area contributed by atoms with Crippen molar-refractivity contribution >= 4 is 59.3 Å². The lowest BCUT2D eigenvalue weighted by molar-refractivity contribution is 0.793. The second-order valence-electron chi connectivity index (χ2n) is 14.8. The van der Waals surface area contributed by atoms with Gasteiger partial charge in [-0.2, -0.15) is 0 Å². The molecule has 2 aliphatic carbocycles. The third-order valence-corrected chi connectivity index (χ3v) is 13.2. The van der Waals surface area contributed by atoms with E-state index < -0.39 is 5.41 Å². The average Bonchev–Trinajstić information content (AvgIpc) is 3.88. The lowest BCUT2D eigenvalue weighted by atomic mass is 9.70. The second kappa shape index (κ2) is 11.6. The Labute approximate surface area is 324 Å². The van der Waals surface area contributed by atoms with Crippen molar-refractivity contribution in [2.24, 2.45) is 0 Å². The zero-order valence-corrected chi connectivity index (χ0v) is 30.7. The molecule has 0 atom stereocenters. The van der Waals surface area contributed by atoms with Crippen LogP contribution < -0.4 is 4.90 Å². The Morgan fingerprint density at radius 1 is 0.345 bits per heavy atom. The minimum atomic E-state index is -0.425. The molecule has 1 nitrogen and oxygen atoms in total. The van der Waals surface area contributed by atoms with Gasteiger partial charge in [0.2, 0.25) is 0 Å². The van der Waals surface area contributed by atoms with Gasteiger partial charge < -0.3 is 4.90 Å². The Bertz CT molecular complexity index is 3120. The summed E-state index contributed by atoms with van der Waals surface area (Å²) in [5, 5.41) is 5.07. The monoisotopic (exact) mass is 715 g/mol. The first-order chi connectivity index (χ1) is 27.3. The molecule has 0 unspecified atom stereocenters. The molecule has 9 aromatic carbocycles. The molecule has 1 aromatic heterocycles. The topological polar surface area (TPSA) is 3.24 Å². The quantitative estimate of drug-likeness (QED) is 0.175. The van der Waals surface area contributed by atoms with Gasteiger partial charge in [-0.3, -0.25) is 0 Å². The summed E-state index contributed by atoms with van der Waals surface area (Å²) >= 11 is 1.87. The van der Waals surface area contributed by atoms with Crippen molar-refractivity contribution in [1.29, 1.82) is 0 Å². The van der Waals surface area contributed by atoms with Gasteiger partial charge in [0.25, 0.3) is 0 Å². The van der Waals surface area contributed by atoms with Crippen molar-refractivity contribution in [1.82, 2.24) is 0 Å². The number of benzene rings is 9. The first-order valence-corrected chi connectivity index (χ1v) is 19.8. The summed E-state index contributed by atoms with van der Waals surface area (Å²) in [5.41, 5.74) is 16.1. The molecule has 1 spiro atoms. The fourth-order valence-corrected chi connectivity index (χ4v) is 11.0. The molecule has 2 aliphatic rings. The van der Waals surface area contributed by atoms with E-state index in [0.717, 1.165) is 17.1 Å². The van der Waals surface area contributed by atoms with Gasteiger partial charge in [0.05, 0.1) is 16.8 Å². The Kier molecular flexibility index (Phi) is 6.49. The highest BCUT2D eigenvalue weighted by atomic mass is 32.1. The van der Waals surface area contributed by atoms with Crippen LogP contribution in [-0.2, 0) is 5.41 Å². The van der Waals surface area contributed by atoms with Gasteiger partial charge in [0, 0.05) is 36.8 Å². The molecule has 0 bridgehead atoms. The number of hydrogen-bond acceptors (Lipinski definition) is 2. The highest BCUT2D eigenvalue weighted by molar-refractivity contribution is 7.25. The van der Waals surface area contributed by atoms with Crippen LogP contribution in [-0.4, -0.2) is 0 Å². The molecule has 256 valence electrons. The standard InChI is InChI=1S/C53H33NS/c1-2-16-37-34(14-1)15-13-26-50(37)54(49-25-11-6-17-38(49)35-28-30-44-43-21-7-12-27-51(43)55-52(44)32-35)36-29-31-42-41-20-5-10-24-47(41)53(48(42)33-36)45-22-8-3-18-39(45)40-19-4-9-23-46(40)53/h1-33H. The van der Waals surface area contributed by atoms with Gasteiger partial charge in [-0.25, -0.2) is 0 Å². The number of fused-ring (bicyclic) bond motifs is 14. The summed E-state index contributed by atoms with van der Waals surface area (Å²) in [7, 11) is 0. The number of rotatable bonds is 4. The molecule has 55 heavy (non-hydrogen) atoms. The van der Waals surface area contributed by atoms with E-state index in [4.69, 9.17) is 0 Å². The van der Waals surface area contributed by atoms with Crippen LogP contribution in [0.1, 0.15) is 22.3 Å². The molecule has 2 heteroatoms. The van der Waals surface area contributed by atoms with E-state index in [2.05, 4.69) is 205 Å². The highest BCUT2D eigenvalue weighted by Crippen LogP contribution is 2.63. The first-order valence-electron chi connectivity index (χ1n) is 19.0. The lowest BCUT2D eigenvalue weighted by Gasteiger charge is -2.33. The van der Waals surface area contributed by atoms with Crippen molar-refractivity contribution in [3.8, 4) is 33.4 Å². The molecule has 0 saturated carbocycles. The molecule has 12 rings (SSSR count). The van der Waals surface area contributed by atoms with E-state index in [1.54, 1.807) is 0 Å². The predicted molar refractivity (Wildman–Crippen MR) is 233 cm³/mol. The van der Waals surface area contributed by atoms with E-state index >= 15 is 0 Å².